The van der Waals surface area contributed by atoms with Crippen LogP contribution in [0.25, 0.3) is 43.4 Å². The number of carbonyl (C=O) groups excluding carboxylic acids is 2. The van der Waals surface area contributed by atoms with Crippen molar-refractivity contribution in [1.82, 2.24) is 45.5 Å². The maximum atomic E-state index is 14.4. The molecule has 3 aromatic carbocycles. The van der Waals surface area contributed by atoms with Crippen LogP contribution in [0.5, 0.6) is 11.8 Å². The van der Waals surface area contributed by atoms with E-state index in [-0.39, 0.29) is 35.4 Å². The molecule has 1 aliphatic carbocycles. The van der Waals surface area contributed by atoms with E-state index in [0.717, 1.165) is 150 Å². The van der Waals surface area contributed by atoms with Crippen LogP contribution in [0.3, 0.4) is 0 Å². The first-order valence-electron chi connectivity index (χ1n) is 29.6. The Hall–Kier alpha value is -6.73. The van der Waals surface area contributed by atoms with E-state index in [1.807, 2.05) is 57.6 Å². The second-order valence-corrected chi connectivity index (χ2v) is 25.3. The number of phenols is 1. The Labute approximate surface area is 477 Å². The summed E-state index contributed by atoms with van der Waals surface area (Å²) < 4.78 is 12.5. The van der Waals surface area contributed by atoms with Gasteiger partial charge >= 0.3 is 6.01 Å². The summed E-state index contributed by atoms with van der Waals surface area (Å²) in [4.78, 5) is 58.0. The van der Waals surface area contributed by atoms with Crippen molar-refractivity contribution < 1.29 is 29.1 Å². The summed E-state index contributed by atoms with van der Waals surface area (Å²) in [5.41, 5.74) is 9.07. The summed E-state index contributed by atoms with van der Waals surface area (Å²) in [6, 6.07) is 20.6. The second-order valence-electron chi connectivity index (χ2n) is 24.5. The van der Waals surface area contributed by atoms with E-state index in [1.165, 1.54) is 5.56 Å². The Balaban J connectivity index is 0.608. The van der Waals surface area contributed by atoms with Crippen molar-refractivity contribution in [3.63, 3.8) is 0 Å². The van der Waals surface area contributed by atoms with Crippen LogP contribution in [0, 0.1) is 18.8 Å². The van der Waals surface area contributed by atoms with E-state index in [9.17, 15) is 19.8 Å². The summed E-state index contributed by atoms with van der Waals surface area (Å²) in [7, 11) is 0. The molecular weight excluding hydrogens is 1040 g/mol. The number of carbonyl (C=O) groups is 2. The molecule has 2 amide bonds. The predicted octanol–water partition coefficient (Wildman–Crippen LogP) is 9.50. The van der Waals surface area contributed by atoms with Crippen molar-refractivity contribution in [3.8, 4) is 33.5 Å². The number of nitrogens with zero attached hydrogens (tertiary/aromatic N) is 9. The zero-order chi connectivity index (χ0) is 55.7. The molecule has 18 heteroatoms. The van der Waals surface area contributed by atoms with E-state index < -0.39 is 17.6 Å². The minimum Gasteiger partial charge on any atom is -0.508 e. The Morgan fingerprint density at radius 1 is 0.926 bits per heavy atom. The van der Waals surface area contributed by atoms with Crippen molar-refractivity contribution in [2.75, 3.05) is 68.8 Å². The summed E-state index contributed by atoms with van der Waals surface area (Å²) in [5, 5.41) is 37.4. The number of ether oxygens (including phenoxy) is 1. The molecule has 5 saturated heterocycles. The van der Waals surface area contributed by atoms with Crippen LogP contribution in [-0.4, -0.2) is 140 Å². The van der Waals surface area contributed by atoms with Crippen molar-refractivity contribution in [2.24, 2.45) is 11.8 Å². The number of aromatic nitrogens is 5. The molecule has 9 heterocycles. The number of hydrogen-bond acceptors (Lipinski definition) is 16. The Morgan fingerprint density at radius 2 is 1.70 bits per heavy atom. The number of piperidine rings is 2. The predicted molar refractivity (Wildman–Crippen MR) is 315 cm³/mol. The largest absolute Gasteiger partial charge is 0.508 e. The van der Waals surface area contributed by atoms with Crippen molar-refractivity contribution in [3.05, 3.63) is 101 Å². The average Bonchev–Trinajstić information content (AvgIpc) is 4.43. The molecule has 5 fully saturated rings. The molecule has 0 radical (unpaired) electrons. The normalized spacial score (nSPS) is 22.6. The highest BCUT2D eigenvalue weighted by atomic mass is 32.1. The van der Waals surface area contributed by atoms with Gasteiger partial charge in [0.2, 0.25) is 11.8 Å². The molecule has 0 spiro atoms. The fourth-order valence-corrected chi connectivity index (χ4v) is 15.2. The Bertz CT molecular complexity index is 3470. The zero-order valence-electron chi connectivity index (χ0n) is 47.2. The molecule has 424 valence electrons. The van der Waals surface area contributed by atoms with Gasteiger partial charge in [-0.2, -0.15) is 9.97 Å². The first-order chi connectivity index (χ1) is 39.2. The van der Waals surface area contributed by atoms with Crippen LogP contribution in [0.4, 0.5) is 11.6 Å². The smallest absolute Gasteiger partial charge is 0.319 e. The van der Waals surface area contributed by atoms with Crippen molar-refractivity contribution in [2.45, 2.75) is 134 Å². The maximum absolute atomic E-state index is 14.4. The zero-order valence-corrected chi connectivity index (χ0v) is 48.1. The lowest BCUT2D eigenvalue weighted by Crippen LogP contribution is -2.51. The topological polar surface area (TPSA) is 198 Å². The minimum atomic E-state index is -0.728. The lowest BCUT2D eigenvalue weighted by atomic mass is 9.79. The number of likely N-dealkylation sites (tertiary alicyclic amines) is 2. The number of benzene rings is 3. The van der Waals surface area contributed by atoms with E-state index >= 15 is 0 Å². The Kier molecular flexibility index (Phi) is 14.5. The SMILES string of the molecule is Cc1ncsc1-c1ccc([C@H](C)NC(=O)[C@@H]2CCCN2C(=O)[C@H](c2cc(N3CCC(CC4(O)CCN(CCOc5nc(N6CC7CCC(C6)N7)c6cnc7c(c6n5)C(C)c5cccc6cc(O)cc-7c56)CC4)CC3)no2)C(C)C)cc1. The number of thiazole rings is 1. The number of piperazine rings is 1. The van der Waals surface area contributed by atoms with Gasteiger partial charge in [0, 0.05) is 93.7 Å². The molecule has 2 bridgehead atoms. The number of amides is 2. The van der Waals surface area contributed by atoms with Gasteiger partial charge in [0.15, 0.2) is 11.6 Å². The van der Waals surface area contributed by atoms with E-state index in [2.05, 4.69) is 84.9 Å². The molecule has 17 nitrogen and oxygen atoms in total. The standard InChI is InChI=1S/C63H75N11O6S/c1-36(2)53(61(77)74-21-7-10-50(74)60(76)66-38(4)41-11-13-42(14-12-41)58-39(5)65-35-81-58)51-30-52(70-80-51)72-22-17-40(18-23-72)31-63(78)19-24-71(25-20-63)26-27-79-62-68-57-49(59(69-62)73-33-44-15-16-45(34-73)67-44)32-64-56-48-29-46(75)28-43-8-6-9-47(55(43)48)37(3)54(56)57/h6,8-9,11-14,28-30,32,35-38,40,44-45,50,53,67,75,78H,7,10,15-27,31,33-34H2,1-5H3,(H,66,76)/t37?,38-,44?,45?,50-,53-/m0/s1. The first-order valence-corrected chi connectivity index (χ1v) is 30.5. The molecule has 6 atom stereocenters. The fraction of sp³-hybridized carbons (Fsp3) is 0.508. The van der Waals surface area contributed by atoms with Gasteiger partial charge in [-0.1, -0.05) is 68.4 Å². The molecule has 4 aromatic heterocycles. The number of fused-ring (bicyclic) bond motifs is 6. The van der Waals surface area contributed by atoms with Crippen molar-refractivity contribution in [1.29, 1.82) is 0 Å². The monoisotopic (exact) mass is 1110 g/mol. The summed E-state index contributed by atoms with van der Waals surface area (Å²) in [6.07, 6.45) is 9.63. The molecule has 3 unspecified atom stereocenters. The first kappa shape index (κ1) is 53.6. The van der Waals surface area contributed by atoms with Crippen LogP contribution >= 0.6 is 11.3 Å². The number of aliphatic hydroxyl groups is 1. The van der Waals surface area contributed by atoms with Gasteiger partial charge in [-0.3, -0.25) is 19.5 Å². The molecule has 81 heavy (non-hydrogen) atoms. The molecule has 4 N–H and O–H groups in total. The molecule has 6 aliphatic rings. The van der Waals surface area contributed by atoms with Crippen LogP contribution in [0.2, 0.25) is 0 Å². The number of pyridine rings is 1. The number of aromatic hydroxyl groups is 1. The number of nitrogens with one attached hydrogen (secondary N) is 2. The molecular formula is C63H75N11O6S. The van der Waals surface area contributed by atoms with Crippen LogP contribution < -0.4 is 25.2 Å². The van der Waals surface area contributed by atoms with E-state index in [1.54, 1.807) is 16.2 Å². The lowest BCUT2D eigenvalue weighted by molar-refractivity contribution is -0.141. The highest BCUT2D eigenvalue weighted by molar-refractivity contribution is 7.13. The van der Waals surface area contributed by atoms with Gasteiger partial charge in [-0.15, -0.1) is 11.3 Å². The number of hydrogen-bond donors (Lipinski definition) is 4. The van der Waals surface area contributed by atoms with Gasteiger partial charge in [0.25, 0.3) is 0 Å². The third-order valence-electron chi connectivity index (χ3n) is 18.8. The van der Waals surface area contributed by atoms with E-state index in [0.29, 0.717) is 68.7 Å². The Morgan fingerprint density at radius 3 is 2.44 bits per heavy atom. The third kappa shape index (κ3) is 10.4. The molecule has 0 saturated carbocycles. The minimum absolute atomic E-state index is 0.0120. The van der Waals surface area contributed by atoms with Gasteiger partial charge in [0.05, 0.1) is 44.3 Å². The van der Waals surface area contributed by atoms with E-state index in [4.69, 9.17) is 24.2 Å². The van der Waals surface area contributed by atoms with Gasteiger partial charge in [-0.25, -0.2) is 4.98 Å². The third-order valence-corrected chi connectivity index (χ3v) is 19.8. The average molecular weight is 1110 g/mol. The van der Waals surface area contributed by atoms with Gasteiger partial charge in [-0.05, 0) is 123 Å². The summed E-state index contributed by atoms with van der Waals surface area (Å²) in [5.74, 6) is 1.86. The van der Waals surface area contributed by atoms with Crippen LogP contribution in [0.1, 0.15) is 132 Å². The fourth-order valence-electron chi connectivity index (χ4n) is 14.4. The highest BCUT2D eigenvalue weighted by Crippen LogP contribution is 2.49. The summed E-state index contributed by atoms with van der Waals surface area (Å²) in [6.45, 7) is 16.8. The van der Waals surface area contributed by atoms with Gasteiger partial charge in [0.1, 0.15) is 30.1 Å². The van der Waals surface area contributed by atoms with Gasteiger partial charge < -0.3 is 44.8 Å². The maximum Gasteiger partial charge on any atom is 0.319 e. The second kappa shape index (κ2) is 21.9. The summed E-state index contributed by atoms with van der Waals surface area (Å²) >= 11 is 1.62. The molecule has 5 aliphatic heterocycles. The highest BCUT2D eigenvalue weighted by Gasteiger charge is 2.42. The lowest BCUT2D eigenvalue weighted by Gasteiger charge is -2.41. The number of rotatable bonds is 15. The number of aryl methyl sites for hydroxylation is 1. The molecule has 7 aromatic rings. The quantitative estimate of drug-likeness (QED) is 0.0757. The van der Waals surface area contributed by atoms with Crippen LogP contribution in [0.15, 0.2) is 76.9 Å². The van der Waals surface area contributed by atoms with Crippen LogP contribution in [-0.2, 0) is 9.59 Å². The number of anilines is 2. The molecule has 13 rings (SSSR count). The number of phenolic OH excluding ortho intramolecular Hbond substituents is 1. The van der Waals surface area contributed by atoms with Crippen molar-refractivity contribution >= 4 is 56.5 Å².